The second-order valence-electron chi connectivity index (χ2n) is 4.60. The highest BCUT2D eigenvalue weighted by Crippen LogP contribution is 2.21. The molecular weight excluding hydrogens is 310 g/mol. The number of nitrogens with zero attached hydrogens (tertiary/aromatic N) is 1. The fourth-order valence-electron chi connectivity index (χ4n) is 1.59. The van der Waals surface area contributed by atoms with Crippen molar-refractivity contribution in [2.75, 3.05) is 24.1 Å². The van der Waals surface area contributed by atoms with E-state index in [1.807, 2.05) is 18.2 Å². The standard InChI is InChI=1S/C14H16ClN3O2S/c1-18(2)21(19,20)17-13-8-6-12(7-9-13)16-14-5-3-4-11(15)10-14/h3-10,16-17H,1-2H3. The summed E-state index contributed by atoms with van der Waals surface area (Å²) in [5.41, 5.74) is 2.20. The summed E-state index contributed by atoms with van der Waals surface area (Å²) >= 11 is 5.92. The van der Waals surface area contributed by atoms with Gasteiger partial charge in [0, 0.05) is 36.2 Å². The predicted molar refractivity (Wildman–Crippen MR) is 87.4 cm³/mol. The summed E-state index contributed by atoms with van der Waals surface area (Å²) in [7, 11) is -0.544. The van der Waals surface area contributed by atoms with Gasteiger partial charge in [-0.3, -0.25) is 4.72 Å². The SMILES string of the molecule is CN(C)S(=O)(=O)Nc1ccc(Nc2cccc(Cl)c2)cc1. The number of rotatable bonds is 5. The van der Waals surface area contributed by atoms with Crippen molar-refractivity contribution in [1.82, 2.24) is 4.31 Å². The van der Waals surface area contributed by atoms with Crippen molar-refractivity contribution in [3.05, 3.63) is 53.6 Å². The zero-order chi connectivity index (χ0) is 15.5. The van der Waals surface area contributed by atoms with E-state index < -0.39 is 10.2 Å². The Morgan fingerprint density at radius 2 is 1.57 bits per heavy atom. The summed E-state index contributed by atoms with van der Waals surface area (Å²) in [6.07, 6.45) is 0. The van der Waals surface area contributed by atoms with Crippen LogP contribution in [0.3, 0.4) is 0 Å². The van der Waals surface area contributed by atoms with E-state index in [9.17, 15) is 8.42 Å². The van der Waals surface area contributed by atoms with Gasteiger partial charge in [-0.2, -0.15) is 12.7 Å². The van der Waals surface area contributed by atoms with E-state index in [0.29, 0.717) is 10.7 Å². The van der Waals surface area contributed by atoms with E-state index in [2.05, 4.69) is 10.0 Å². The van der Waals surface area contributed by atoms with E-state index >= 15 is 0 Å². The van der Waals surface area contributed by atoms with Gasteiger partial charge in [-0.1, -0.05) is 17.7 Å². The van der Waals surface area contributed by atoms with Crippen molar-refractivity contribution in [3.63, 3.8) is 0 Å². The summed E-state index contributed by atoms with van der Waals surface area (Å²) in [6.45, 7) is 0. The van der Waals surface area contributed by atoms with E-state index in [1.165, 1.54) is 14.1 Å². The largest absolute Gasteiger partial charge is 0.355 e. The van der Waals surface area contributed by atoms with Gasteiger partial charge in [0.1, 0.15) is 0 Å². The third-order valence-electron chi connectivity index (χ3n) is 2.73. The van der Waals surface area contributed by atoms with E-state index in [1.54, 1.807) is 30.3 Å². The van der Waals surface area contributed by atoms with Crippen LogP contribution in [-0.2, 0) is 10.2 Å². The monoisotopic (exact) mass is 325 g/mol. The van der Waals surface area contributed by atoms with Crippen molar-refractivity contribution in [1.29, 1.82) is 0 Å². The number of benzene rings is 2. The Morgan fingerprint density at radius 1 is 0.952 bits per heavy atom. The minimum absolute atomic E-state index is 0.500. The van der Waals surface area contributed by atoms with Crippen LogP contribution in [0.15, 0.2) is 48.5 Å². The van der Waals surface area contributed by atoms with Crippen molar-refractivity contribution in [2.24, 2.45) is 0 Å². The van der Waals surface area contributed by atoms with E-state index in [4.69, 9.17) is 11.6 Å². The maximum Gasteiger partial charge on any atom is 0.301 e. The van der Waals surface area contributed by atoms with Gasteiger partial charge in [0.05, 0.1) is 0 Å². The quantitative estimate of drug-likeness (QED) is 0.886. The summed E-state index contributed by atoms with van der Waals surface area (Å²) in [5, 5.41) is 3.83. The maximum atomic E-state index is 11.7. The zero-order valence-corrected chi connectivity index (χ0v) is 13.2. The minimum Gasteiger partial charge on any atom is -0.355 e. The lowest BCUT2D eigenvalue weighted by Gasteiger charge is -2.14. The number of hydrogen-bond donors (Lipinski definition) is 2. The fourth-order valence-corrected chi connectivity index (χ4v) is 2.40. The molecule has 21 heavy (non-hydrogen) atoms. The van der Waals surface area contributed by atoms with Crippen LogP contribution in [0, 0.1) is 0 Å². The summed E-state index contributed by atoms with van der Waals surface area (Å²) < 4.78 is 27.0. The Morgan fingerprint density at radius 3 is 2.14 bits per heavy atom. The van der Waals surface area contributed by atoms with Crippen molar-refractivity contribution in [3.8, 4) is 0 Å². The lowest BCUT2D eigenvalue weighted by Crippen LogP contribution is -2.28. The van der Waals surface area contributed by atoms with Gasteiger partial charge in [-0.05, 0) is 42.5 Å². The predicted octanol–water partition coefficient (Wildman–Crippen LogP) is 3.30. The van der Waals surface area contributed by atoms with Crippen LogP contribution in [-0.4, -0.2) is 26.8 Å². The molecular formula is C14H16ClN3O2S. The molecule has 0 saturated carbocycles. The van der Waals surface area contributed by atoms with Gasteiger partial charge >= 0.3 is 10.2 Å². The summed E-state index contributed by atoms with van der Waals surface area (Å²) in [4.78, 5) is 0. The van der Waals surface area contributed by atoms with E-state index in [-0.39, 0.29) is 0 Å². The normalized spacial score (nSPS) is 11.4. The third kappa shape index (κ3) is 4.35. The average molecular weight is 326 g/mol. The first-order valence-corrected chi connectivity index (χ1v) is 8.01. The number of anilines is 3. The molecule has 2 aromatic carbocycles. The Labute approximate surface area is 129 Å². The second-order valence-corrected chi connectivity index (χ2v) is 6.92. The Kier molecular flexibility index (Phi) is 4.72. The second kappa shape index (κ2) is 6.34. The van der Waals surface area contributed by atoms with Gasteiger partial charge in [0.15, 0.2) is 0 Å². The smallest absolute Gasteiger partial charge is 0.301 e. The Balaban J connectivity index is 2.09. The van der Waals surface area contributed by atoms with Crippen molar-refractivity contribution >= 4 is 38.9 Å². The van der Waals surface area contributed by atoms with Crippen LogP contribution in [0.5, 0.6) is 0 Å². The zero-order valence-electron chi connectivity index (χ0n) is 11.7. The lowest BCUT2D eigenvalue weighted by atomic mass is 10.2. The first kappa shape index (κ1) is 15.6. The molecule has 0 aromatic heterocycles. The van der Waals surface area contributed by atoms with Gasteiger partial charge in [0.2, 0.25) is 0 Å². The molecule has 0 heterocycles. The average Bonchev–Trinajstić information content (AvgIpc) is 2.40. The molecule has 0 aliphatic rings. The highest BCUT2D eigenvalue weighted by Gasteiger charge is 2.12. The molecule has 2 N–H and O–H groups in total. The molecule has 0 radical (unpaired) electrons. The van der Waals surface area contributed by atoms with Crippen LogP contribution in [0.4, 0.5) is 17.1 Å². The molecule has 0 amide bonds. The maximum absolute atomic E-state index is 11.7. The molecule has 0 spiro atoms. The fraction of sp³-hybridized carbons (Fsp3) is 0.143. The van der Waals surface area contributed by atoms with Crippen LogP contribution in [0.25, 0.3) is 0 Å². The molecule has 0 aliphatic carbocycles. The number of hydrogen-bond acceptors (Lipinski definition) is 3. The Bertz CT molecular complexity index is 715. The molecule has 0 aliphatic heterocycles. The molecule has 0 bridgehead atoms. The molecule has 0 atom stereocenters. The minimum atomic E-state index is -3.48. The molecule has 0 saturated heterocycles. The van der Waals surface area contributed by atoms with Gasteiger partial charge in [-0.15, -0.1) is 0 Å². The molecule has 2 rings (SSSR count). The summed E-state index contributed by atoms with van der Waals surface area (Å²) in [5.74, 6) is 0. The summed E-state index contributed by atoms with van der Waals surface area (Å²) in [6, 6.07) is 14.3. The van der Waals surface area contributed by atoms with Crippen LogP contribution in [0.2, 0.25) is 5.02 Å². The molecule has 2 aromatic rings. The van der Waals surface area contributed by atoms with Crippen molar-refractivity contribution < 1.29 is 8.42 Å². The van der Waals surface area contributed by atoms with Crippen LogP contribution in [0.1, 0.15) is 0 Å². The highest BCUT2D eigenvalue weighted by molar-refractivity contribution is 7.90. The molecule has 5 nitrogen and oxygen atoms in total. The molecule has 112 valence electrons. The highest BCUT2D eigenvalue weighted by atomic mass is 35.5. The van der Waals surface area contributed by atoms with Gasteiger partial charge in [-0.25, -0.2) is 0 Å². The Hall–Kier alpha value is -1.76. The molecule has 7 heteroatoms. The van der Waals surface area contributed by atoms with E-state index in [0.717, 1.165) is 15.7 Å². The number of nitrogens with one attached hydrogen (secondary N) is 2. The first-order chi connectivity index (χ1) is 9.87. The number of halogens is 1. The van der Waals surface area contributed by atoms with Crippen LogP contribution >= 0.6 is 11.6 Å². The third-order valence-corrected chi connectivity index (χ3v) is 4.42. The lowest BCUT2D eigenvalue weighted by molar-refractivity contribution is 0.527. The van der Waals surface area contributed by atoms with Gasteiger partial charge < -0.3 is 5.32 Å². The van der Waals surface area contributed by atoms with Gasteiger partial charge in [0.25, 0.3) is 0 Å². The molecule has 0 unspecified atom stereocenters. The van der Waals surface area contributed by atoms with Crippen molar-refractivity contribution in [2.45, 2.75) is 0 Å². The molecule has 0 fully saturated rings. The van der Waals surface area contributed by atoms with Crippen LogP contribution < -0.4 is 10.0 Å². The topological polar surface area (TPSA) is 61.4 Å². The first-order valence-electron chi connectivity index (χ1n) is 6.20.